The Morgan fingerprint density at radius 1 is 1.21 bits per heavy atom. The van der Waals surface area contributed by atoms with Crippen LogP contribution in [0.4, 0.5) is 11.5 Å². The van der Waals surface area contributed by atoms with Crippen molar-refractivity contribution in [2.75, 3.05) is 5.32 Å². The number of carbonyl (C=O) groups excluding carboxylic acids is 1. The van der Waals surface area contributed by atoms with Crippen LogP contribution in [0.2, 0.25) is 0 Å². The fourth-order valence-corrected chi connectivity index (χ4v) is 2.21. The van der Waals surface area contributed by atoms with Crippen LogP contribution < -0.4 is 5.32 Å². The first kappa shape index (κ1) is 11.5. The molecule has 0 unspecified atom stereocenters. The van der Waals surface area contributed by atoms with Crippen molar-refractivity contribution >= 4 is 23.1 Å². The maximum atomic E-state index is 11.7. The van der Waals surface area contributed by atoms with Crippen LogP contribution in [0, 0.1) is 6.92 Å². The lowest BCUT2D eigenvalue weighted by molar-refractivity contribution is 0.101. The molecule has 0 atom stereocenters. The van der Waals surface area contributed by atoms with Crippen LogP contribution in [0.5, 0.6) is 0 Å². The number of hydrogen-bond donors (Lipinski definition) is 1. The SMILES string of the molecule is CC1=NC(=O)c2c(C)cc(Nc3ccncn3)cc21. The van der Waals surface area contributed by atoms with Crippen LogP contribution in [-0.2, 0) is 0 Å². The molecule has 2 aromatic rings. The predicted molar refractivity (Wildman–Crippen MR) is 73.0 cm³/mol. The first-order valence-electron chi connectivity index (χ1n) is 5.93. The summed E-state index contributed by atoms with van der Waals surface area (Å²) in [5.41, 5.74) is 4.15. The summed E-state index contributed by atoms with van der Waals surface area (Å²) in [6.07, 6.45) is 3.16. The van der Waals surface area contributed by atoms with Crippen molar-refractivity contribution in [2.45, 2.75) is 13.8 Å². The van der Waals surface area contributed by atoms with Crippen LogP contribution >= 0.6 is 0 Å². The zero-order valence-corrected chi connectivity index (χ0v) is 10.6. The quantitative estimate of drug-likeness (QED) is 0.891. The summed E-state index contributed by atoms with van der Waals surface area (Å²) in [5, 5.41) is 3.19. The van der Waals surface area contributed by atoms with Gasteiger partial charge in [0.15, 0.2) is 0 Å². The Bertz CT molecular complexity index is 692. The van der Waals surface area contributed by atoms with Crippen LogP contribution in [0.1, 0.15) is 28.4 Å². The van der Waals surface area contributed by atoms with E-state index in [4.69, 9.17) is 0 Å². The van der Waals surface area contributed by atoms with E-state index in [1.165, 1.54) is 6.33 Å². The minimum Gasteiger partial charge on any atom is -0.340 e. The minimum absolute atomic E-state index is 0.154. The second-order valence-corrected chi connectivity index (χ2v) is 4.44. The van der Waals surface area contributed by atoms with Gasteiger partial charge in [0.25, 0.3) is 5.91 Å². The topological polar surface area (TPSA) is 67.2 Å². The van der Waals surface area contributed by atoms with Crippen LogP contribution in [-0.4, -0.2) is 21.6 Å². The lowest BCUT2D eigenvalue weighted by atomic mass is 10.00. The molecule has 1 aromatic heterocycles. The zero-order chi connectivity index (χ0) is 13.4. The Morgan fingerprint density at radius 2 is 2.05 bits per heavy atom. The second-order valence-electron chi connectivity index (χ2n) is 4.44. The van der Waals surface area contributed by atoms with E-state index < -0.39 is 0 Å². The van der Waals surface area contributed by atoms with Gasteiger partial charge in [0.1, 0.15) is 12.1 Å². The monoisotopic (exact) mass is 252 g/mol. The highest BCUT2D eigenvalue weighted by Gasteiger charge is 2.23. The van der Waals surface area contributed by atoms with E-state index in [2.05, 4.69) is 20.3 Å². The molecule has 1 N–H and O–H groups in total. The highest BCUT2D eigenvalue weighted by molar-refractivity contribution is 6.21. The van der Waals surface area contributed by atoms with Crippen molar-refractivity contribution in [1.82, 2.24) is 9.97 Å². The standard InChI is InChI=1S/C14H12N4O/c1-8-5-10(18-12-3-4-15-7-16-12)6-11-9(2)17-14(19)13(8)11/h3-7H,1-2H3,(H,15,16,18). The average Bonchev–Trinajstić information content (AvgIpc) is 2.66. The van der Waals surface area contributed by atoms with Crippen molar-refractivity contribution in [3.05, 3.63) is 47.4 Å². The Labute approximate surface area is 110 Å². The van der Waals surface area contributed by atoms with Crippen LogP contribution in [0.3, 0.4) is 0 Å². The number of amides is 1. The van der Waals surface area contributed by atoms with Gasteiger partial charge in [-0.1, -0.05) is 0 Å². The molecule has 0 saturated carbocycles. The number of rotatable bonds is 2. The third-order valence-electron chi connectivity index (χ3n) is 3.06. The fourth-order valence-electron chi connectivity index (χ4n) is 2.21. The van der Waals surface area contributed by atoms with Gasteiger partial charge in [-0.05, 0) is 37.6 Å². The summed E-state index contributed by atoms with van der Waals surface area (Å²) in [4.78, 5) is 23.7. The fraction of sp³-hybridized carbons (Fsp3) is 0.143. The summed E-state index contributed by atoms with van der Waals surface area (Å²) in [6, 6.07) is 5.63. The summed E-state index contributed by atoms with van der Waals surface area (Å²) in [5.74, 6) is 0.562. The van der Waals surface area contributed by atoms with Gasteiger partial charge < -0.3 is 5.32 Å². The molecule has 5 nitrogen and oxygen atoms in total. The Balaban J connectivity index is 2.02. The van der Waals surface area contributed by atoms with E-state index >= 15 is 0 Å². The number of benzene rings is 1. The van der Waals surface area contributed by atoms with Crippen molar-refractivity contribution < 1.29 is 4.79 Å². The number of aromatic nitrogens is 2. The number of aliphatic imine (C=N–C) groups is 1. The molecule has 0 bridgehead atoms. The summed E-state index contributed by atoms with van der Waals surface area (Å²) in [6.45, 7) is 3.76. The summed E-state index contributed by atoms with van der Waals surface area (Å²) in [7, 11) is 0. The largest absolute Gasteiger partial charge is 0.340 e. The second kappa shape index (κ2) is 4.28. The van der Waals surface area contributed by atoms with Gasteiger partial charge in [-0.2, -0.15) is 0 Å². The van der Waals surface area contributed by atoms with E-state index in [1.54, 1.807) is 12.3 Å². The molecule has 0 saturated heterocycles. The van der Waals surface area contributed by atoms with Gasteiger partial charge in [0.05, 0.1) is 5.56 Å². The lowest BCUT2D eigenvalue weighted by Gasteiger charge is -2.09. The molecule has 2 heterocycles. The normalized spacial score (nSPS) is 13.2. The van der Waals surface area contributed by atoms with E-state index in [0.717, 1.165) is 22.5 Å². The molecule has 0 aliphatic carbocycles. The molecule has 94 valence electrons. The molecule has 0 fully saturated rings. The van der Waals surface area contributed by atoms with Crippen molar-refractivity contribution in [3.8, 4) is 0 Å². The van der Waals surface area contributed by atoms with E-state index in [9.17, 15) is 4.79 Å². The van der Waals surface area contributed by atoms with Gasteiger partial charge in [0.2, 0.25) is 0 Å². The molecule has 0 spiro atoms. The number of aryl methyl sites for hydroxylation is 1. The number of nitrogens with one attached hydrogen (secondary N) is 1. The molecular weight excluding hydrogens is 240 g/mol. The lowest BCUT2D eigenvalue weighted by Crippen LogP contribution is -2.01. The molecule has 1 aromatic carbocycles. The highest BCUT2D eigenvalue weighted by atomic mass is 16.1. The smallest absolute Gasteiger partial charge is 0.278 e. The van der Waals surface area contributed by atoms with E-state index in [0.29, 0.717) is 11.4 Å². The van der Waals surface area contributed by atoms with E-state index in [1.807, 2.05) is 26.0 Å². The van der Waals surface area contributed by atoms with Crippen LogP contribution in [0.25, 0.3) is 0 Å². The van der Waals surface area contributed by atoms with Crippen LogP contribution in [0.15, 0.2) is 35.7 Å². The van der Waals surface area contributed by atoms with E-state index in [-0.39, 0.29) is 5.91 Å². The number of fused-ring (bicyclic) bond motifs is 1. The number of hydrogen-bond acceptors (Lipinski definition) is 4. The van der Waals surface area contributed by atoms with Crippen molar-refractivity contribution in [1.29, 1.82) is 0 Å². The highest BCUT2D eigenvalue weighted by Crippen LogP contribution is 2.27. The zero-order valence-electron chi connectivity index (χ0n) is 10.6. The van der Waals surface area contributed by atoms with Crippen molar-refractivity contribution in [3.63, 3.8) is 0 Å². The third-order valence-corrected chi connectivity index (χ3v) is 3.06. The Morgan fingerprint density at radius 3 is 2.79 bits per heavy atom. The van der Waals surface area contributed by atoms with Gasteiger partial charge >= 0.3 is 0 Å². The van der Waals surface area contributed by atoms with Gasteiger partial charge in [-0.15, -0.1) is 0 Å². The van der Waals surface area contributed by atoms with Gasteiger partial charge in [-0.25, -0.2) is 15.0 Å². The number of anilines is 2. The Kier molecular flexibility index (Phi) is 2.59. The molecule has 19 heavy (non-hydrogen) atoms. The molecule has 1 amide bonds. The molecule has 5 heteroatoms. The Hall–Kier alpha value is -2.56. The first-order chi connectivity index (χ1) is 9.15. The van der Waals surface area contributed by atoms with Gasteiger partial charge in [-0.3, -0.25) is 4.79 Å². The molecule has 3 rings (SSSR count). The van der Waals surface area contributed by atoms with Crippen molar-refractivity contribution in [2.24, 2.45) is 4.99 Å². The summed E-state index contributed by atoms with van der Waals surface area (Å²) >= 11 is 0. The average molecular weight is 252 g/mol. The maximum Gasteiger partial charge on any atom is 0.278 e. The molecule has 1 aliphatic rings. The molecule has 0 radical (unpaired) electrons. The molecule has 1 aliphatic heterocycles. The molecular formula is C14H12N4O. The maximum absolute atomic E-state index is 11.7. The third kappa shape index (κ3) is 1.99. The number of nitrogens with zero attached hydrogens (tertiary/aromatic N) is 3. The first-order valence-corrected chi connectivity index (χ1v) is 5.93. The summed E-state index contributed by atoms with van der Waals surface area (Å²) < 4.78 is 0. The minimum atomic E-state index is -0.154. The van der Waals surface area contributed by atoms with Gasteiger partial charge in [0, 0.05) is 23.2 Å². The number of carbonyl (C=O) groups is 1. The predicted octanol–water partition coefficient (Wildman–Crippen LogP) is 2.49.